The Balaban J connectivity index is 1.62. The Hall–Kier alpha value is -4.09. The van der Waals surface area contributed by atoms with Gasteiger partial charge in [0.1, 0.15) is 12.4 Å². The summed E-state index contributed by atoms with van der Waals surface area (Å²) in [4.78, 5) is 15.4. The molecule has 0 aliphatic carbocycles. The Morgan fingerprint density at radius 1 is 1.07 bits per heavy atom. The van der Waals surface area contributed by atoms with E-state index in [0.717, 1.165) is 28.8 Å². The number of alkyl halides is 2. The van der Waals surface area contributed by atoms with E-state index < -0.39 is 12.6 Å². The molecule has 41 heavy (non-hydrogen) atoms. The molecule has 0 bridgehead atoms. The maximum absolute atomic E-state index is 13.4. The number of carbonyl (C=O) groups is 1. The second-order valence-electron chi connectivity index (χ2n) is 10.1. The summed E-state index contributed by atoms with van der Waals surface area (Å²) in [5, 5.41) is 11.5. The van der Waals surface area contributed by atoms with Crippen LogP contribution in [0.3, 0.4) is 0 Å². The van der Waals surface area contributed by atoms with Crippen molar-refractivity contribution in [2.24, 2.45) is 0 Å². The summed E-state index contributed by atoms with van der Waals surface area (Å²) < 4.78 is 39.9. The molecular formula is C30H36F2N6O3. The summed E-state index contributed by atoms with van der Waals surface area (Å²) in [6, 6.07) is 12.3. The van der Waals surface area contributed by atoms with Crippen molar-refractivity contribution in [3.63, 3.8) is 0 Å². The quantitative estimate of drug-likeness (QED) is 0.240. The first-order chi connectivity index (χ1) is 19.6. The highest BCUT2D eigenvalue weighted by molar-refractivity contribution is 5.96. The minimum Gasteiger partial charge on any atom is -0.492 e. The molecule has 1 atom stereocenters. The van der Waals surface area contributed by atoms with Crippen LogP contribution in [-0.4, -0.2) is 71.3 Å². The van der Waals surface area contributed by atoms with Gasteiger partial charge in [-0.3, -0.25) is 9.48 Å². The molecule has 218 valence electrons. The number of carbonyl (C=O) groups excluding carboxylic acids is 1. The number of amides is 1. The van der Waals surface area contributed by atoms with E-state index in [1.54, 1.807) is 30.1 Å². The van der Waals surface area contributed by atoms with Crippen LogP contribution in [0.2, 0.25) is 0 Å². The lowest BCUT2D eigenvalue weighted by Crippen LogP contribution is -2.27. The maximum Gasteiger partial charge on any atom is 0.333 e. The van der Waals surface area contributed by atoms with Crippen LogP contribution >= 0.6 is 0 Å². The van der Waals surface area contributed by atoms with E-state index in [2.05, 4.69) is 15.5 Å². The van der Waals surface area contributed by atoms with Crippen molar-refractivity contribution < 1.29 is 23.0 Å². The fraction of sp³-hybridized carbons (Fsp3) is 0.367. The normalized spacial score (nSPS) is 12.2. The molecule has 9 nitrogen and oxygen atoms in total. The Labute approximate surface area is 238 Å². The fourth-order valence-corrected chi connectivity index (χ4v) is 4.28. The lowest BCUT2D eigenvalue weighted by Gasteiger charge is -2.18. The number of hydrogen-bond donors (Lipinski definition) is 1. The van der Waals surface area contributed by atoms with Gasteiger partial charge in [0.25, 0.3) is 5.91 Å². The number of hydrogen-bond acceptors (Lipinski definition) is 6. The largest absolute Gasteiger partial charge is 0.492 e. The molecule has 4 rings (SSSR count). The Bertz CT molecular complexity index is 1470. The zero-order valence-corrected chi connectivity index (χ0v) is 24.0. The van der Waals surface area contributed by atoms with Crippen molar-refractivity contribution in [3.05, 3.63) is 77.7 Å². The summed E-state index contributed by atoms with van der Waals surface area (Å²) in [5.74, 6) is 0.383. The van der Waals surface area contributed by atoms with Gasteiger partial charge in [0.2, 0.25) is 0 Å². The van der Waals surface area contributed by atoms with Crippen molar-refractivity contribution in [3.8, 4) is 28.1 Å². The molecule has 0 saturated heterocycles. The summed E-state index contributed by atoms with van der Waals surface area (Å²) in [5.41, 5.74) is 4.84. The predicted molar refractivity (Wildman–Crippen MR) is 153 cm³/mol. The standard InChI is InChI=1S/C30H36F2N6O3/c1-20-6-7-26(41-13-10-36(3)4)17-27(20)29(39)34-21(2)22-14-23(25-18-33-37(19-25)11-12-40-5)16-24(15-22)28-8-9-38(35-28)30(31)32/h6-9,14-19,21,30H,10-13H2,1-5H3,(H,34,39)/t21-/m1/s1. The van der Waals surface area contributed by atoms with Crippen LogP contribution in [0, 0.1) is 6.92 Å². The number of nitrogens with one attached hydrogen (secondary N) is 1. The number of rotatable bonds is 13. The first-order valence-electron chi connectivity index (χ1n) is 13.3. The predicted octanol–water partition coefficient (Wildman–Crippen LogP) is 5.19. The monoisotopic (exact) mass is 566 g/mol. The molecule has 2 aromatic carbocycles. The van der Waals surface area contributed by atoms with Crippen molar-refractivity contribution in [1.29, 1.82) is 0 Å². The van der Waals surface area contributed by atoms with Crippen LogP contribution in [0.25, 0.3) is 22.4 Å². The number of benzene rings is 2. The number of nitrogens with zero attached hydrogens (tertiary/aromatic N) is 5. The van der Waals surface area contributed by atoms with Gasteiger partial charge in [-0.25, -0.2) is 4.68 Å². The van der Waals surface area contributed by atoms with E-state index in [0.29, 0.717) is 47.0 Å². The van der Waals surface area contributed by atoms with Gasteiger partial charge in [0, 0.05) is 42.7 Å². The Morgan fingerprint density at radius 2 is 1.85 bits per heavy atom. The summed E-state index contributed by atoms with van der Waals surface area (Å²) >= 11 is 0. The highest BCUT2D eigenvalue weighted by Crippen LogP contribution is 2.31. The van der Waals surface area contributed by atoms with Gasteiger partial charge in [0.15, 0.2) is 0 Å². The number of likely N-dealkylation sites (N-methyl/N-ethyl adjacent to an activating group) is 1. The third-order valence-corrected chi connectivity index (χ3v) is 6.66. The van der Waals surface area contributed by atoms with Gasteiger partial charge >= 0.3 is 6.55 Å². The minimum atomic E-state index is -2.74. The number of aromatic nitrogens is 4. The molecule has 0 saturated carbocycles. The van der Waals surface area contributed by atoms with E-state index in [4.69, 9.17) is 9.47 Å². The average Bonchev–Trinajstić information content (AvgIpc) is 3.63. The summed E-state index contributed by atoms with van der Waals surface area (Å²) in [7, 11) is 5.57. The average molecular weight is 567 g/mol. The SMILES string of the molecule is COCCn1cc(-c2cc(-c3ccn(C(F)F)n3)cc([C@@H](C)NC(=O)c3cc(OCCN(C)C)ccc3C)c2)cn1. The lowest BCUT2D eigenvalue weighted by atomic mass is 9.96. The van der Waals surface area contributed by atoms with Crippen LogP contribution < -0.4 is 10.1 Å². The molecule has 0 unspecified atom stereocenters. The van der Waals surface area contributed by atoms with E-state index >= 15 is 0 Å². The molecule has 4 aromatic rings. The topological polar surface area (TPSA) is 86.4 Å². The minimum absolute atomic E-state index is 0.241. The third-order valence-electron chi connectivity index (χ3n) is 6.66. The van der Waals surface area contributed by atoms with E-state index in [-0.39, 0.29) is 5.91 Å². The van der Waals surface area contributed by atoms with Crippen molar-refractivity contribution in [2.75, 3.05) is 41.0 Å². The Kier molecular flexibility index (Phi) is 9.85. The molecule has 0 fully saturated rings. The van der Waals surface area contributed by atoms with Crippen molar-refractivity contribution in [1.82, 2.24) is 29.8 Å². The zero-order chi connectivity index (χ0) is 29.5. The Morgan fingerprint density at radius 3 is 2.56 bits per heavy atom. The molecule has 2 aromatic heterocycles. The molecule has 1 amide bonds. The van der Waals surface area contributed by atoms with Gasteiger partial charge in [0.05, 0.1) is 31.1 Å². The molecule has 0 radical (unpaired) electrons. The van der Waals surface area contributed by atoms with E-state index in [1.165, 1.54) is 6.20 Å². The molecule has 1 N–H and O–H groups in total. The highest BCUT2D eigenvalue weighted by Gasteiger charge is 2.18. The second kappa shape index (κ2) is 13.5. The van der Waals surface area contributed by atoms with Gasteiger partial charge in [-0.2, -0.15) is 19.0 Å². The van der Waals surface area contributed by atoms with Crippen LogP contribution in [0.5, 0.6) is 5.75 Å². The van der Waals surface area contributed by atoms with Crippen LogP contribution in [-0.2, 0) is 11.3 Å². The summed E-state index contributed by atoms with van der Waals surface area (Å²) in [6.45, 7) is 3.39. The maximum atomic E-state index is 13.4. The number of halogens is 2. The molecule has 0 aliphatic rings. The summed E-state index contributed by atoms with van der Waals surface area (Å²) in [6.07, 6.45) is 4.88. The number of ether oxygens (including phenoxy) is 2. The van der Waals surface area contributed by atoms with Crippen LogP contribution in [0.4, 0.5) is 8.78 Å². The number of methoxy groups -OCH3 is 1. The first kappa shape index (κ1) is 29.9. The van der Waals surface area contributed by atoms with Gasteiger partial charge in [-0.1, -0.05) is 6.07 Å². The molecule has 2 heterocycles. The number of aryl methyl sites for hydroxylation is 1. The lowest BCUT2D eigenvalue weighted by molar-refractivity contribution is 0.0568. The van der Waals surface area contributed by atoms with Crippen LogP contribution in [0.15, 0.2) is 61.1 Å². The van der Waals surface area contributed by atoms with Gasteiger partial charge in [-0.15, -0.1) is 0 Å². The molecular weight excluding hydrogens is 530 g/mol. The molecule has 0 spiro atoms. The van der Waals surface area contributed by atoms with Gasteiger partial charge in [-0.05, 0) is 81.0 Å². The zero-order valence-electron chi connectivity index (χ0n) is 24.0. The molecule has 11 heteroatoms. The van der Waals surface area contributed by atoms with Crippen molar-refractivity contribution >= 4 is 5.91 Å². The van der Waals surface area contributed by atoms with Crippen LogP contribution in [0.1, 0.15) is 41.0 Å². The fourth-order valence-electron chi connectivity index (χ4n) is 4.28. The second-order valence-corrected chi connectivity index (χ2v) is 10.1. The molecule has 0 aliphatic heterocycles. The van der Waals surface area contributed by atoms with E-state index in [9.17, 15) is 13.6 Å². The highest BCUT2D eigenvalue weighted by atomic mass is 19.3. The first-order valence-corrected chi connectivity index (χ1v) is 13.3. The van der Waals surface area contributed by atoms with E-state index in [1.807, 2.05) is 69.4 Å². The smallest absolute Gasteiger partial charge is 0.333 e. The third kappa shape index (κ3) is 7.77. The van der Waals surface area contributed by atoms with Crippen molar-refractivity contribution in [2.45, 2.75) is 33.0 Å². The van der Waals surface area contributed by atoms with Gasteiger partial charge < -0.3 is 19.7 Å².